The van der Waals surface area contributed by atoms with Crippen LogP contribution in [0, 0.1) is 17.7 Å². The third kappa shape index (κ3) is 61.2. The second-order valence-corrected chi connectivity index (χ2v) is 40.8. The molecule has 0 unspecified atom stereocenters. The molecule has 32 nitrogen and oxygen atoms in total. The fraction of sp³-hybridized carbons (Fsp3) is 0.561. The number of methoxy groups -OCH3 is 2. The lowest BCUT2D eigenvalue weighted by Crippen LogP contribution is -2.40. The molecule has 2 fully saturated rings. The summed E-state index contributed by atoms with van der Waals surface area (Å²) in [7, 11) is -1.08. The summed E-state index contributed by atoms with van der Waals surface area (Å²) in [6.07, 6.45) is 4.98. The van der Waals surface area contributed by atoms with Crippen molar-refractivity contribution >= 4 is 149 Å². The number of amides is 3. The molecule has 7 rings (SSSR count). The number of nitrogens with one attached hydrogen (secondary N) is 5. The normalized spacial score (nSPS) is 14.1. The lowest BCUT2D eigenvalue weighted by molar-refractivity contribution is -0.147. The molecule has 1 aromatic heterocycles. The van der Waals surface area contributed by atoms with Crippen LogP contribution < -0.4 is 38.0 Å². The number of likely N-dealkylation sites (tertiary alicyclic amines) is 1. The van der Waals surface area contributed by atoms with Crippen LogP contribution in [-0.4, -0.2) is 204 Å². The van der Waals surface area contributed by atoms with Crippen molar-refractivity contribution in [2.75, 3.05) is 79.3 Å². The lowest BCUT2D eigenvalue weighted by atomic mass is 9.82. The average molecular weight is 2060 g/mol. The van der Waals surface area contributed by atoms with Crippen LogP contribution in [0.4, 0.5) is 28.4 Å². The second-order valence-electron chi connectivity index (χ2n) is 32.4. The molecule has 11 N–H and O–H groups in total. The first kappa shape index (κ1) is 116. The smallest absolute Gasteiger partial charge is 0.469 e. The van der Waals surface area contributed by atoms with Crippen LogP contribution in [-0.2, 0) is 70.8 Å². The monoisotopic (exact) mass is 2050 g/mol. The number of aromatic nitrogens is 1. The minimum absolute atomic E-state index is 0.00316. The van der Waals surface area contributed by atoms with Gasteiger partial charge in [-0.1, -0.05) is 112 Å². The number of pyridine rings is 1. The van der Waals surface area contributed by atoms with E-state index in [1.165, 1.54) is 14.2 Å². The highest BCUT2D eigenvalue weighted by molar-refractivity contribution is 9.11. The number of alkyl carbamates (subject to hydrolysis) is 3. The summed E-state index contributed by atoms with van der Waals surface area (Å²) in [5, 5.41) is 46.5. The lowest BCUT2D eigenvalue weighted by Gasteiger charge is -2.32. The number of esters is 2. The van der Waals surface area contributed by atoms with Crippen LogP contribution in [0.5, 0.6) is 0 Å². The van der Waals surface area contributed by atoms with Gasteiger partial charge in [0.2, 0.25) is 9.05 Å². The van der Waals surface area contributed by atoms with E-state index in [2.05, 4.69) is 110 Å². The topological polar surface area (TPSA) is 462 Å². The van der Waals surface area contributed by atoms with Gasteiger partial charge in [0, 0.05) is 66.0 Å². The zero-order chi connectivity index (χ0) is 94.5. The van der Waals surface area contributed by atoms with Crippen LogP contribution in [0.15, 0.2) is 132 Å². The molecule has 3 amide bonds. The first-order chi connectivity index (χ1) is 56.6. The van der Waals surface area contributed by atoms with Gasteiger partial charge >= 0.3 is 49.6 Å². The fourth-order valence-electron chi connectivity index (χ4n) is 10.2. The summed E-state index contributed by atoms with van der Waals surface area (Å²) < 4.78 is 101. The van der Waals surface area contributed by atoms with Gasteiger partial charge in [-0.05, 0) is 258 Å². The number of piperidine rings is 2. The Balaban J connectivity index is 0.00000144. The molecule has 0 saturated carbocycles. The van der Waals surface area contributed by atoms with Crippen molar-refractivity contribution in [2.45, 2.75) is 207 Å². The molecule has 0 bridgehead atoms. The average Bonchev–Trinajstić information content (AvgIpc) is 0.897. The molecular weight excluding hydrogens is 1930 g/mol. The maximum absolute atomic E-state index is 12.4. The van der Waals surface area contributed by atoms with Gasteiger partial charge in [0.05, 0.1) is 63.3 Å². The number of halogens is 6. The highest BCUT2D eigenvalue weighted by Crippen LogP contribution is 2.27. The predicted molar refractivity (Wildman–Crippen MR) is 483 cm³/mol. The zero-order valence-electron chi connectivity index (χ0n) is 73.2. The van der Waals surface area contributed by atoms with E-state index in [4.69, 9.17) is 58.6 Å². The van der Waals surface area contributed by atoms with Crippen molar-refractivity contribution in [1.29, 1.82) is 0 Å². The van der Waals surface area contributed by atoms with Crippen molar-refractivity contribution < 1.29 is 117 Å². The van der Waals surface area contributed by atoms with Crippen LogP contribution in [0.1, 0.15) is 202 Å². The molecule has 2 aliphatic heterocycles. The van der Waals surface area contributed by atoms with Crippen LogP contribution in [0.2, 0.25) is 0 Å². The van der Waals surface area contributed by atoms with Gasteiger partial charge < -0.3 is 95.0 Å². The number of nitrogens with zero attached hydrogens (tertiary/aromatic N) is 1. The number of H-pyrrole nitrogens is 1. The van der Waals surface area contributed by atoms with Crippen molar-refractivity contribution in [1.82, 2.24) is 31.2 Å². The molecule has 4 aromatic carbocycles. The van der Waals surface area contributed by atoms with E-state index in [1.54, 1.807) is 62.3 Å². The third-order valence-corrected chi connectivity index (χ3v) is 18.3. The fourth-order valence-corrected chi connectivity index (χ4v) is 11.6. The van der Waals surface area contributed by atoms with E-state index in [-0.39, 0.29) is 67.2 Å². The summed E-state index contributed by atoms with van der Waals surface area (Å²) in [4.78, 5) is 95.4. The molecule has 5 aromatic rings. The molecule has 2 aliphatic rings. The Morgan fingerprint density at radius 3 is 1.15 bits per heavy atom. The number of carbonyl (C=O) groups is 7. The number of carbonyl (C=O) groups excluding carboxylic acids is 7. The van der Waals surface area contributed by atoms with Crippen LogP contribution in [0.25, 0.3) is 0 Å². The van der Waals surface area contributed by atoms with E-state index >= 15 is 0 Å². The summed E-state index contributed by atoms with van der Waals surface area (Å²) in [5.74, 6) is -1.05. The maximum Gasteiger partial charge on any atom is 0.519 e. The number of hydrogen-bond donors (Lipinski definition) is 10. The van der Waals surface area contributed by atoms with Gasteiger partial charge in [0.15, 0.2) is 5.82 Å². The van der Waals surface area contributed by atoms with Crippen LogP contribution in [0.3, 0.4) is 0 Å². The number of ether oxygens (including phenoxy) is 8. The van der Waals surface area contributed by atoms with Gasteiger partial charge in [0.1, 0.15) is 28.0 Å². The molecule has 0 spiro atoms. The van der Waals surface area contributed by atoms with E-state index in [9.17, 15) is 59.6 Å². The largest absolute Gasteiger partial charge is 0.519 e. The highest BCUT2D eigenvalue weighted by atomic mass is 79.9. The number of aromatic amines is 1. The zero-order valence-corrected chi connectivity index (χ0v) is 82.0. The van der Waals surface area contributed by atoms with Gasteiger partial charge in [-0.25, -0.2) is 36.8 Å². The predicted octanol–water partition coefficient (Wildman–Crippen LogP) is 14.3. The van der Waals surface area contributed by atoms with E-state index in [0.29, 0.717) is 19.3 Å². The van der Waals surface area contributed by atoms with E-state index < -0.39 is 102 Å². The Kier molecular flexibility index (Phi) is 54.5. The van der Waals surface area contributed by atoms with Crippen LogP contribution >= 0.6 is 74.4 Å². The molecule has 4 atom stereocenters. The third-order valence-electron chi connectivity index (χ3n) is 15.6. The molecule has 0 radical (unpaired) electrons. The number of nitrogens with two attached hydrogens (primary N) is 1. The van der Waals surface area contributed by atoms with Gasteiger partial charge in [-0.2, -0.15) is 8.42 Å². The van der Waals surface area contributed by atoms with Crippen molar-refractivity contribution in [3.63, 3.8) is 0 Å². The number of aliphatic hydroxyl groups excluding tert-OH is 2. The SMILES string of the molecule is CC(C)(C)OC(=O)N[C@H](CCO)c1ccc(Br)cc1.CC(C)(C)OC(=O)N[C@H](CCOS(C)(=O)=O)c1ccc(Br)cc1.CC(C)(C)OC(=O)OC(=O)OC(C)(C)C.COC(=O)C1CCN(CC[C@@H](NC(=O)OC(C)(C)C)c2ccc(Br)cc2)CC1.COC(=O)C1CCNCC1.CS(=O)(=O)Cl.N[C@H](CCO)c1ccc(Br)cc1.O=c1[nH]cc(B(O)O)cc1F. The standard InChI is InChI=1S/C21H31BrN2O4.C15H22BrNO5S.C14H20BrNO3.C10H18O5.C9H12BrNO.C7H13NO2.C5H5BFNO3.CH3ClO2S/c1-21(2,3)28-20(26)23-18(15-5-7-17(22)8-6-15)11-14-24-12-9-16(10-13-24)19(25)27-4;1-15(2,3)22-14(18)17-13(9-10-21-23(4,19)20)11-5-7-12(16)8-6-11;1-14(2,3)19-13(18)16-12(8-9-17)10-4-6-11(15)7-5-10;1-9(2,3)14-7(11)13-8(12)15-10(4,5)6;10-8-3-1-7(2-4-8)9(11)5-6-12;1-10-7(9)6-2-4-8-5-3-6;7-4-1-3(6(10)11)2-8-5(4)9;1-5(2,3)4/h5-8,16,18H,9-14H2,1-4H3,(H,23,26);5-8,13H,9-10H2,1-4H3,(H,17,18);4-7,12,17H,8-9H2,1-3H3,(H,16,18);1-6H3;1-4,9,12H,5-6,11H2;6,8H,2-5H2,1H3;1-2,10-11H,(H,8,9);1H3/t18-;13-;12-;;9-;;;/m111.1.../s1. The molecule has 2 saturated heterocycles. The maximum atomic E-state index is 12.4. The van der Waals surface area contributed by atoms with Gasteiger partial charge in [-0.15, -0.1) is 0 Å². The second kappa shape index (κ2) is 57.7. The van der Waals surface area contributed by atoms with Crippen molar-refractivity contribution in [2.24, 2.45) is 17.6 Å². The van der Waals surface area contributed by atoms with Gasteiger partial charge in [-0.3, -0.25) is 18.6 Å². The summed E-state index contributed by atoms with van der Waals surface area (Å²) >= 11 is 13.5. The first-order valence-electron chi connectivity index (χ1n) is 38.8. The van der Waals surface area contributed by atoms with E-state index in [0.717, 1.165) is 130 Å². The van der Waals surface area contributed by atoms with E-state index in [1.807, 2.05) is 144 Å². The molecule has 123 heavy (non-hydrogen) atoms. The number of rotatable bonds is 21. The Labute approximate surface area is 761 Å². The minimum atomic E-state index is -3.52. The number of aliphatic hydroxyl groups is 2. The minimum Gasteiger partial charge on any atom is -0.469 e. The van der Waals surface area contributed by atoms with Gasteiger partial charge in [0.25, 0.3) is 15.7 Å². The highest BCUT2D eigenvalue weighted by Gasteiger charge is 2.30. The number of benzene rings is 4. The molecule has 0 aliphatic carbocycles. The quantitative estimate of drug-likeness (QED) is 0.00814. The summed E-state index contributed by atoms with van der Waals surface area (Å²) in [6.45, 7) is 30.9. The summed E-state index contributed by atoms with van der Waals surface area (Å²) in [5.41, 5.74) is 5.61. The Bertz CT molecular complexity index is 4230. The Hall–Kier alpha value is -6.90. The molecule has 3 heterocycles. The first-order valence-corrected chi connectivity index (χ1v) is 46.5. The molecule has 694 valence electrons. The molecular formula is C82H124BBr4ClFN7O25S2. The summed E-state index contributed by atoms with van der Waals surface area (Å²) in [6, 6.07) is 30.7. The Morgan fingerprint density at radius 1 is 0.537 bits per heavy atom. The van der Waals surface area contributed by atoms with Crippen molar-refractivity contribution in [3.8, 4) is 0 Å². The van der Waals surface area contributed by atoms with Crippen molar-refractivity contribution in [3.05, 3.63) is 166 Å². The number of hydrogen-bond acceptors (Lipinski definition) is 28. The Morgan fingerprint density at radius 2 is 0.854 bits per heavy atom. The molecule has 41 heteroatoms.